The summed E-state index contributed by atoms with van der Waals surface area (Å²) < 4.78 is 0. The largest absolute Gasteiger partial charge is 0.375 e. The van der Waals surface area contributed by atoms with E-state index in [1.165, 1.54) is 56.1 Å². The van der Waals surface area contributed by atoms with Gasteiger partial charge in [-0.3, -0.25) is 9.80 Å². The summed E-state index contributed by atoms with van der Waals surface area (Å²) in [6.07, 6.45) is 4.71. The number of nitrogens with zero attached hydrogens (tertiary/aromatic N) is 3. The number of nitrogen functional groups attached to an aromatic ring is 1. The molecule has 1 aromatic heterocycles. The number of aromatic nitrogens is 1. The summed E-state index contributed by atoms with van der Waals surface area (Å²) >= 11 is 1.70. The molecule has 1 aliphatic heterocycles. The first-order valence-electron chi connectivity index (χ1n) is 8.67. The van der Waals surface area contributed by atoms with Crippen molar-refractivity contribution >= 4 is 16.5 Å². The van der Waals surface area contributed by atoms with E-state index in [2.05, 4.69) is 27.0 Å². The molecule has 1 aromatic rings. The van der Waals surface area contributed by atoms with Crippen molar-refractivity contribution in [2.45, 2.75) is 38.6 Å². The molecular weight excluding hydrogens is 294 g/mol. The minimum absolute atomic E-state index is 0.676. The van der Waals surface area contributed by atoms with Gasteiger partial charge >= 0.3 is 0 Å². The summed E-state index contributed by atoms with van der Waals surface area (Å²) in [5.41, 5.74) is 7.14. The van der Waals surface area contributed by atoms with Crippen molar-refractivity contribution in [3.05, 3.63) is 10.6 Å². The zero-order valence-electron chi connectivity index (χ0n) is 13.7. The first kappa shape index (κ1) is 16.2. The van der Waals surface area contributed by atoms with Gasteiger partial charge in [0.25, 0.3) is 0 Å². The number of aryl methyl sites for hydroxylation is 1. The number of piperazine rings is 1. The maximum atomic E-state index is 5.88. The summed E-state index contributed by atoms with van der Waals surface area (Å²) in [5, 5.41) is 4.18. The van der Waals surface area contributed by atoms with Gasteiger partial charge in [0.05, 0.1) is 5.69 Å². The van der Waals surface area contributed by atoms with Gasteiger partial charge in [0.2, 0.25) is 0 Å². The third kappa shape index (κ3) is 3.98. The van der Waals surface area contributed by atoms with Crippen LogP contribution in [0.3, 0.4) is 0 Å². The Bertz CT molecular complexity index is 469. The lowest BCUT2D eigenvalue weighted by molar-refractivity contribution is 0.142. The predicted octanol–water partition coefficient (Wildman–Crippen LogP) is 1.20. The number of rotatable bonds is 6. The van der Waals surface area contributed by atoms with Gasteiger partial charge < -0.3 is 11.1 Å². The molecule has 1 fully saturated rings. The Morgan fingerprint density at radius 2 is 2.18 bits per heavy atom. The first-order valence-corrected chi connectivity index (χ1v) is 9.49. The molecule has 22 heavy (non-hydrogen) atoms. The average Bonchev–Trinajstić information content (AvgIpc) is 2.91. The number of anilines is 1. The minimum atomic E-state index is 0.676. The number of thiazole rings is 1. The molecule has 6 heteroatoms. The Balaban J connectivity index is 1.56. The number of nitrogens with one attached hydrogen (secondary N) is 1. The van der Waals surface area contributed by atoms with Gasteiger partial charge in [0.15, 0.2) is 5.13 Å². The van der Waals surface area contributed by atoms with Crippen LogP contribution in [0.25, 0.3) is 0 Å². The highest BCUT2D eigenvalue weighted by atomic mass is 32.1. The van der Waals surface area contributed by atoms with Crippen molar-refractivity contribution in [3.8, 4) is 0 Å². The molecule has 1 saturated heterocycles. The Morgan fingerprint density at radius 3 is 2.95 bits per heavy atom. The number of fused-ring (bicyclic) bond motifs is 1. The first-order chi connectivity index (χ1) is 10.8. The van der Waals surface area contributed by atoms with Gasteiger partial charge in [-0.05, 0) is 32.2 Å². The van der Waals surface area contributed by atoms with Crippen LogP contribution in [0.5, 0.6) is 0 Å². The molecule has 0 saturated carbocycles. The molecule has 3 rings (SSSR count). The fourth-order valence-corrected chi connectivity index (χ4v) is 4.61. The van der Waals surface area contributed by atoms with E-state index in [0.717, 1.165) is 31.1 Å². The molecule has 1 aliphatic carbocycles. The van der Waals surface area contributed by atoms with E-state index < -0.39 is 0 Å². The normalized spacial score (nSPS) is 22.9. The quantitative estimate of drug-likeness (QED) is 0.824. The minimum Gasteiger partial charge on any atom is -0.375 e. The Morgan fingerprint density at radius 1 is 1.36 bits per heavy atom. The van der Waals surface area contributed by atoms with Crippen molar-refractivity contribution in [2.24, 2.45) is 0 Å². The second-order valence-corrected chi connectivity index (χ2v) is 7.56. The second kappa shape index (κ2) is 7.73. The third-order valence-corrected chi connectivity index (χ3v) is 5.82. The van der Waals surface area contributed by atoms with Gasteiger partial charge in [-0.1, -0.05) is 6.92 Å². The predicted molar refractivity (Wildman–Crippen MR) is 93.5 cm³/mol. The molecule has 0 bridgehead atoms. The summed E-state index contributed by atoms with van der Waals surface area (Å²) in [5.74, 6) is 0. The van der Waals surface area contributed by atoms with Crippen molar-refractivity contribution in [3.63, 3.8) is 0 Å². The molecule has 2 heterocycles. The van der Waals surface area contributed by atoms with Gasteiger partial charge in [-0.15, -0.1) is 11.3 Å². The molecule has 0 amide bonds. The fourth-order valence-electron chi connectivity index (χ4n) is 3.66. The SMILES string of the molecule is CCCN(CCN1CCNCC1)C1CCc2nc(N)sc2C1. The van der Waals surface area contributed by atoms with Gasteiger partial charge in [-0.2, -0.15) is 0 Å². The molecule has 1 atom stereocenters. The van der Waals surface area contributed by atoms with Crippen LogP contribution in [0.1, 0.15) is 30.3 Å². The number of hydrogen-bond donors (Lipinski definition) is 2. The van der Waals surface area contributed by atoms with Crippen LogP contribution in [0.15, 0.2) is 0 Å². The molecule has 2 aliphatic rings. The third-order valence-electron chi connectivity index (χ3n) is 4.87. The van der Waals surface area contributed by atoms with E-state index in [-0.39, 0.29) is 0 Å². The Kier molecular flexibility index (Phi) is 5.68. The fraction of sp³-hybridized carbons (Fsp3) is 0.812. The van der Waals surface area contributed by atoms with Gasteiger partial charge in [0.1, 0.15) is 0 Å². The smallest absolute Gasteiger partial charge is 0.180 e. The van der Waals surface area contributed by atoms with E-state index in [1.807, 2.05) is 0 Å². The van der Waals surface area contributed by atoms with Crippen molar-refractivity contribution in [1.82, 2.24) is 20.1 Å². The second-order valence-electron chi connectivity index (χ2n) is 6.45. The lowest BCUT2D eigenvalue weighted by atomic mass is 9.96. The zero-order valence-corrected chi connectivity index (χ0v) is 14.5. The number of hydrogen-bond acceptors (Lipinski definition) is 6. The molecule has 0 radical (unpaired) electrons. The highest BCUT2D eigenvalue weighted by Crippen LogP contribution is 2.30. The van der Waals surface area contributed by atoms with Crippen LogP contribution in [0.2, 0.25) is 0 Å². The lowest BCUT2D eigenvalue weighted by Crippen LogP contribution is -2.48. The van der Waals surface area contributed by atoms with Crippen LogP contribution in [-0.4, -0.2) is 66.6 Å². The molecule has 124 valence electrons. The van der Waals surface area contributed by atoms with Crippen LogP contribution in [0, 0.1) is 0 Å². The standard InChI is InChI=1S/C16H29N5S/c1-2-7-21(11-10-20-8-5-18-6-9-20)13-3-4-14-15(12-13)22-16(17)19-14/h13,18H,2-12H2,1H3,(H2,17,19). The molecule has 5 nitrogen and oxygen atoms in total. The van der Waals surface area contributed by atoms with Crippen LogP contribution in [-0.2, 0) is 12.8 Å². The highest BCUT2D eigenvalue weighted by Gasteiger charge is 2.26. The monoisotopic (exact) mass is 323 g/mol. The summed E-state index contributed by atoms with van der Waals surface area (Å²) in [6, 6.07) is 0.676. The molecule has 3 N–H and O–H groups in total. The van der Waals surface area contributed by atoms with E-state index in [9.17, 15) is 0 Å². The molecule has 0 spiro atoms. The van der Waals surface area contributed by atoms with Crippen molar-refractivity contribution in [1.29, 1.82) is 0 Å². The van der Waals surface area contributed by atoms with E-state index in [0.29, 0.717) is 6.04 Å². The Labute approximate surface area is 137 Å². The molecule has 0 aromatic carbocycles. The number of nitrogens with two attached hydrogens (primary N) is 1. The van der Waals surface area contributed by atoms with Gasteiger partial charge in [-0.25, -0.2) is 4.98 Å². The lowest BCUT2D eigenvalue weighted by Gasteiger charge is -2.36. The summed E-state index contributed by atoms with van der Waals surface area (Å²) in [7, 11) is 0. The summed E-state index contributed by atoms with van der Waals surface area (Å²) in [4.78, 5) is 11.2. The van der Waals surface area contributed by atoms with Gasteiger partial charge in [0, 0.05) is 50.2 Å². The van der Waals surface area contributed by atoms with Crippen LogP contribution in [0.4, 0.5) is 5.13 Å². The van der Waals surface area contributed by atoms with Crippen molar-refractivity contribution in [2.75, 3.05) is 51.5 Å². The maximum absolute atomic E-state index is 5.88. The molecule has 1 unspecified atom stereocenters. The average molecular weight is 324 g/mol. The highest BCUT2D eigenvalue weighted by molar-refractivity contribution is 7.15. The van der Waals surface area contributed by atoms with Crippen molar-refractivity contribution < 1.29 is 0 Å². The topological polar surface area (TPSA) is 57.4 Å². The van der Waals surface area contributed by atoms with E-state index in [1.54, 1.807) is 11.3 Å². The van der Waals surface area contributed by atoms with Crippen LogP contribution < -0.4 is 11.1 Å². The zero-order chi connectivity index (χ0) is 15.4. The summed E-state index contributed by atoms with van der Waals surface area (Å²) in [6.45, 7) is 10.6. The molecular formula is C16H29N5S. The maximum Gasteiger partial charge on any atom is 0.180 e. The van der Waals surface area contributed by atoms with Crippen LogP contribution >= 0.6 is 11.3 Å². The van der Waals surface area contributed by atoms with E-state index >= 15 is 0 Å². The van der Waals surface area contributed by atoms with E-state index in [4.69, 9.17) is 5.73 Å². The Hall–Kier alpha value is -0.690.